The van der Waals surface area contributed by atoms with E-state index in [-0.39, 0.29) is 11.3 Å². The summed E-state index contributed by atoms with van der Waals surface area (Å²) in [7, 11) is 0. The van der Waals surface area contributed by atoms with Crippen LogP contribution in [0, 0.1) is 13.8 Å². The predicted molar refractivity (Wildman–Crippen MR) is 103 cm³/mol. The minimum atomic E-state index is 0.0353. The molecule has 3 nitrogen and oxygen atoms in total. The lowest BCUT2D eigenvalue weighted by molar-refractivity contribution is -0.115. The number of aryl methyl sites for hydroxylation is 2. The molecule has 0 fully saturated rings. The predicted octanol–water partition coefficient (Wildman–Crippen LogP) is 5.04. The number of nitrogens with one attached hydrogen (secondary N) is 2. The maximum absolute atomic E-state index is 12.2. The molecule has 2 aromatic rings. The first kappa shape index (κ1) is 18.1. The van der Waals surface area contributed by atoms with Gasteiger partial charge in [0.2, 0.25) is 5.91 Å². The number of para-hydroxylation sites is 2. The van der Waals surface area contributed by atoms with Gasteiger partial charge >= 0.3 is 0 Å². The van der Waals surface area contributed by atoms with Crippen molar-refractivity contribution in [3.63, 3.8) is 0 Å². The molecule has 0 spiro atoms. The zero-order valence-corrected chi connectivity index (χ0v) is 15.4. The molecule has 0 radical (unpaired) electrons. The molecule has 0 aliphatic rings. The van der Waals surface area contributed by atoms with Gasteiger partial charge in [-0.15, -0.1) is 0 Å². The Bertz CT molecular complexity index is 694. The minimum Gasteiger partial charge on any atom is -0.384 e. The zero-order valence-electron chi connectivity index (χ0n) is 15.4. The molecule has 0 aromatic heterocycles. The first-order valence-corrected chi connectivity index (χ1v) is 8.48. The Balaban J connectivity index is 1.95. The average molecular weight is 324 g/mol. The highest BCUT2D eigenvalue weighted by molar-refractivity contribution is 5.92. The molecule has 0 saturated heterocycles. The summed E-state index contributed by atoms with van der Waals surface area (Å²) in [4.78, 5) is 12.2. The van der Waals surface area contributed by atoms with E-state index in [0.717, 1.165) is 22.5 Å². The number of hydrogen-bond acceptors (Lipinski definition) is 2. The van der Waals surface area contributed by atoms with Crippen LogP contribution in [0.4, 0.5) is 11.4 Å². The summed E-state index contributed by atoms with van der Waals surface area (Å²) in [6.45, 7) is 11.2. The molecule has 0 aliphatic carbocycles. The molecule has 2 rings (SSSR count). The number of benzene rings is 2. The summed E-state index contributed by atoms with van der Waals surface area (Å²) < 4.78 is 0. The molecule has 0 bridgehead atoms. The highest BCUT2D eigenvalue weighted by Crippen LogP contribution is 2.29. The Morgan fingerprint density at radius 3 is 2.21 bits per heavy atom. The normalized spacial score (nSPS) is 11.2. The minimum absolute atomic E-state index is 0.0353. The average Bonchev–Trinajstić information content (AvgIpc) is 2.50. The van der Waals surface area contributed by atoms with Crippen molar-refractivity contribution in [3.8, 4) is 0 Å². The summed E-state index contributed by atoms with van der Waals surface area (Å²) >= 11 is 0. The van der Waals surface area contributed by atoms with Crippen LogP contribution in [0.3, 0.4) is 0 Å². The third-order valence-electron chi connectivity index (χ3n) is 4.15. The topological polar surface area (TPSA) is 41.1 Å². The lowest BCUT2D eigenvalue weighted by Crippen LogP contribution is -2.19. The number of carbonyl (C=O) groups is 1. The SMILES string of the molecule is Cc1cccc(C)c1NC(=O)CCNc1ccccc1C(C)(C)C. The second-order valence-corrected chi connectivity index (χ2v) is 7.29. The first-order chi connectivity index (χ1) is 11.3. The van der Waals surface area contributed by atoms with E-state index in [4.69, 9.17) is 0 Å². The highest BCUT2D eigenvalue weighted by atomic mass is 16.1. The maximum Gasteiger partial charge on any atom is 0.226 e. The summed E-state index contributed by atoms with van der Waals surface area (Å²) in [6.07, 6.45) is 0.437. The van der Waals surface area contributed by atoms with E-state index in [0.29, 0.717) is 13.0 Å². The summed E-state index contributed by atoms with van der Waals surface area (Å²) in [5.74, 6) is 0.0353. The van der Waals surface area contributed by atoms with Crippen molar-refractivity contribution in [2.75, 3.05) is 17.2 Å². The summed E-state index contributed by atoms with van der Waals surface area (Å²) in [6, 6.07) is 14.3. The lowest BCUT2D eigenvalue weighted by atomic mass is 9.86. The molecule has 0 saturated carbocycles. The van der Waals surface area contributed by atoms with Gasteiger partial charge in [0.1, 0.15) is 0 Å². The van der Waals surface area contributed by atoms with Gasteiger partial charge in [0.15, 0.2) is 0 Å². The molecule has 2 aromatic carbocycles. The molecule has 3 heteroatoms. The van der Waals surface area contributed by atoms with Crippen LogP contribution < -0.4 is 10.6 Å². The van der Waals surface area contributed by atoms with Crippen molar-refractivity contribution in [3.05, 3.63) is 59.2 Å². The van der Waals surface area contributed by atoms with E-state index in [1.807, 2.05) is 38.1 Å². The van der Waals surface area contributed by atoms with E-state index in [9.17, 15) is 4.79 Å². The summed E-state index contributed by atoms with van der Waals surface area (Å²) in [5.41, 5.74) is 5.55. The van der Waals surface area contributed by atoms with E-state index in [1.165, 1.54) is 5.56 Å². The molecule has 1 amide bonds. The fraction of sp³-hybridized carbons (Fsp3) is 0.381. The van der Waals surface area contributed by atoms with Crippen molar-refractivity contribution >= 4 is 17.3 Å². The number of amides is 1. The molecule has 0 atom stereocenters. The third kappa shape index (κ3) is 4.60. The third-order valence-corrected chi connectivity index (χ3v) is 4.15. The van der Waals surface area contributed by atoms with Gasteiger partial charge in [0.05, 0.1) is 0 Å². The molecule has 0 heterocycles. The Hall–Kier alpha value is -2.29. The fourth-order valence-corrected chi connectivity index (χ4v) is 2.82. The molecular weight excluding hydrogens is 296 g/mol. The Morgan fingerprint density at radius 2 is 1.58 bits per heavy atom. The van der Waals surface area contributed by atoms with Crippen molar-refractivity contribution in [2.45, 2.75) is 46.5 Å². The highest BCUT2D eigenvalue weighted by Gasteiger charge is 2.17. The number of rotatable bonds is 5. The van der Waals surface area contributed by atoms with Crippen LogP contribution in [0.15, 0.2) is 42.5 Å². The van der Waals surface area contributed by atoms with E-state index in [2.05, 4.69) is 49.6 Å². The molecule has 0 unspecified atom stereocenters. The maximum atomic E-state index is 12.2. The van der Waals surface area contributed by atoms with Gasteiger partial charge in [-0.25, -0.2) is 0 Å². The standard InChI is InChI=1S/C21H28N2O/c1-15-9-8-10-16(2)20(15)23-19(24)13-14-22-18-12-7-6-11-17(18)21(3,4)5/h6-12,22H,13-14H2,1-5H3,(H,23,24). The van der Waals surface area contributed by atoms with Crippen LogP contribution in [0.25, 0.3) is 0 Å². The zero-order chi connectivity index (χ0) is 17.7. The van der Waals surface area contributed by atoms with Crippen LogP contribution in [-0.2, 0) is 10.2 Å². The van der Waals surface area contributed by atoms with E-state index >= 15 is 0 Å². The van der Waals surface area contributed by atoms with Crippen molar-refractivity contribution < 1.29 is 4.79 Å². The quantitative estimate of drug-likeness (QED) is 0.809. The molecule has 2 N–H and O–H groups in total. The van der Waals surface area contributed by atoms with Crippen molar-refractivity contribution in [2.24, 2.45) is 0 Å². The van der Waals surface area contributed by atoms with Crippen LogP contribution >= 0.6 is 0 Å². The smallest absolute Gasteiger partial charge is 0.226 e. The Kier molecular flexibility index (Phi) is 5.66. The second kappa shape index (κ2) is 7.52. The molecular formula is C21H28N2O. The van der Waals surface area contributed by atoms with Crippen LogP contribution in [-0.4, -0.2) is 12.5 Å². The molecule has 128 valence electrons. The lowest BCUT2D eigenvalue weighted by Gasteiger charge is -2.23. The molecule has 24 heavy (non-hydrogen) atoms. The van der Waals surface area contributed by atoms with Crippen molar-refractivity contribution in [1.82, 2.24) is 0 Å². The second-order valence-electron chi connectivity index (χ2n) is 7.29. The van der Waals surface area contributed by atoms with Crippen LogP contribution in [0.5, 0.6) is 0 Å². The van der Waals surface area contributed by atoms with Gasteiger partial charge in [0, 0.05) is 24.3 Å². The van der Waals surface area contributed by atoms with Gasteiger partial charge in [-0.1, -0.05) is 57.2 Å². The van der Waals surface area contributed by atoms with Gasteiger partial charge in [-0.05, 0) is 42.0 Å². The Labute approximate surface area is 145 Å². The summed E-state index contributed by atoms with van der Waals surface area (Å²) in [5, 5.41) is 6.44. The van der Waals surface area contributed by atoms with Gasteiger partial charge in [-0.3, -0.25) is 4.79 Å². The number of hydrogen-bond donors (Lipinski definition) is 2. The van der Waals surface area contributed by atoms with Gasteiger partial charge in [0.25, 0.3) is 0 Å². The van der Waals surface area contributed by atoms with E-state index in [1.54, 1.807) is 0 Å². The van der Waals surface area contributed by atoms with Crippen molar-refractivity contribution in [1.29, 1.82) is 0 Å². The van der Waals surface area contributed by atoms with Gasteiger partial charge in [-0.2, -0.15) is 0 Å². The first-order valence-electron chi connectivity index (χ1n) is 8.48. The monoisotopic (exact) mass is 324 g/mol. The van der Waals surface area contributed by atoms with Crippen LogP contribution in [0.1, 0.15) is 43.9 Å². The van der Waals surface area contributed by atoms with Gasteiger partial charge < -0.3 is 10.6 Å². The van der Waals surface area contributed by atoms with Crippen LogP contribution in [0.2, 0.25) is 0 Å². The largest absolute Gasteiger partial charge is 0.384 e. The number of anilines is 2. The molecule has 0 aliphatic heterocycles. The van der Waals surface area contributed by atoms with E-state index < -0.39 is 0 Å². The number of carbonyl (C=O) groups excluding carboxylic acids is 1. The fourth-order valence-electron chi connectivity index (χ4n) is 2.82. The Morgan fingerprint density at radius 1 is 0.958 bits per heavy atom.